The number of pyridine rings is 1. The first-order chi connectivity index (χ1) is 12.0. The van der Waals surface area contributed by atoms with Gasteiger partial charge in [-0.2, -0.15) is 0 Å². The van der Waals surface area contributed by atoms with Crippen LogP contribution >= 0.6 is 0 Å². The van der Waals surface area contributed by atoms with Crippen LogP contribution in [-0.2, 0) is 0 Å². The number of nitrogens with zero attached hydrogens (tertiary/aromatic N) is 2. The third-order valence-electron chi connectivity index (χ3n) is 4.01. The Morgan fingerprint density at radius 1 is 1.12 bits per heavy atom. The van der Waals surface area contributed by atoms with Crippen LogP contribution in [0.1, 0.15) is 86.6 Å². The molecule has 2 rings (SSSR count). The van der Waals surface area contributed by atoms with Gasteiger partial charge in [-0.05, 0) is 43.2 Å². The van der Waals surface area contributed by atoms with Crippen LogP contribution in [0.25, 0.3) is 5.70 Å². The predicted octanol–water partition coefficient (Wildman–Crippen LogP) is 5.56. The average Bonchev–Trinajstić information content (AvgIpc) is 2.67. The van der Waals surface area contributed by atoms with Crippen molar-refractivity contribution < 1.29 is 0 Å². The second kappa shape index (κ2) is 14.8. The van der Waals surface area contributed by atoms with Crippen molar-refractivity contribution in [1.82, 2.24) is 9.99 Å². The van der Waals surface area contributed by atoms with Gasteiger partial charge in [-0.25, -0.2) is 5.84 Å². The fourth-order valence-electron chi connectivity index (χ4n) is 2.56. The van der Waals surface area contributed by atoms with E-state index in [4.69, 9.17) is 11.6 Å². The molecule has 1 aliphatic rings. The third kappa shape index (κ3) is 10.1. The molecule has 0 radical (unpaired) electrons. The van der Waals surface area contributed by atoms with Gasteiger partial charge in [0.1, 0.15) is 0 Å². The highest BCUT2D eigenvalue weighted by molar-refractivity contribution is 5.61. The molecule has 4 N–H and O–H groups in total. The van der Waals surface area contributed by atoms with Gasteiger partial charge in [0.05, 0.1) is 5.70 Å². The van der Waals surface area contributed by atoms with Gasteiger partial charge in [-0.1, -0.05) is 55.4 Å². The van der Waals surface area contributed by atoms with E-state index < -0.39 is 0 Å². The van der Waals surface area contributed by atoms with E-state index in [1.165, 1.54) is 12.8 Å². The molecule has 0 spiro atoms. The van der Waals surface area contributed by atoms with Crippen LogP contribution in [0.2, 0.25) is 0 Å². The highest BCUT2D eigenvalue weighted by Crippen LogP contribution is 2.36. The van der Waals surface area contributed by atoms with E-state index in [9.17, 15) is 0 Å². The quantitative estimate of drug-likeness (QED) is 0.553. The number of hydrazine groups is 1. The first-order valence-electron chi connectivity index (χ1n) is 9.89. The maximum Gasteiger partial charge on any atom is 0.0579 e. The molecule has 0 bridgehead atoms. The minimum absolute atomic E-state index is 0.392. The Morgan fingerprint density at radius 2 is 1.64 bits per heavy atom. The summed E-state index contributed by atoms with van der Waals surface area (Å²) in [5, 5.41) is 1.78. The Hall–Kier alpha value is -1.55. The molecule has 25 heavy (non-hydrogen) atoms. The summed E-state index contributed by atoms with van der Waals surface area (Å²) >= 11 is 0. The topological polar surface area (TPSA) is 68.2 Å². The maximum atomic E-state index is 6.13. The van der Waals surface area contributed by atoms with Crippen LogP contribution in [0, 0.1) is 5.41 Å². The van der Waals surface area contributed by atoms with Crippen LogP contribution < -0.4 is 11.6 Å². The molecule has 1 heterocycles. The standard InChI is InChI=1S/C15H24N4.3C2H6/c1-15(2)7-5-13(6-8-15)19(17)11-14(16)12-4-3-9-18-10-12;3*1-2/h3-4,9-11,13H,5-8,16-17H2,1-2H3;3*1-2H3/b14-11-;;;. The monoisotopic (exact) mass is 350 g/mol. The Morgan fingerprint density at radius 3 is 2.08 bits per heavy atom. The Balaban J connectivity index is 0. The maximum absolute atomic E-state index is 6.13. The van der Waals surface area contributed by atoms with Crippen LogP contribution in [0.5, 0.6) is 0 Å². The summed E-state index contributed by atoms with van der Waals surface area (Å²) in [4.78, 5) is 4.06. The normalized spacial score (nSPS) is 16.1. The fraction of sp³-hybridized carbons (Fsp3) is 0.667. The van der Waals surface area contributed by atoms with E-state index in [1.807, 2.05) is 59.9 Å². The SMILES string of the molecule is CC.CC.CC.CC1(C)CCC(N(N)/C=C(\N)c2cccnc2)CC1. The summed E-state index contributed by atoms with van der Waals surface area (Å²) in [6.45, 7) is 16.6. The van der Waals surface area contributed by atoms with Crippen LogP contribution in [0.3, 0.4) is 0 Å². The van der Waals surface area contributed by atoms with Gasteiger partial charge in [0.25, 0.3) is 0 Å². The van der Waals surface area contributed by atoms with Gasteiger partial charge < -0.3 is 10.7 Å². The lowest BCUT2D eigenvalue weighted by molar-refractivity contribution is 0.143. The molecular weight excluding hydrogens is 308 g/mol. The zero-order valence-corrected chi connectivity index (χ0v) is 17.8. The summed E-state index contributed by atoms with van der Waals surface area (Å²) in [6, 6.07) is 4.21. The van der Waals surface area contributed by atoms with Gasteiger partial charge in [-0.3, -0.25) is 4.98 Å². The summed E-state index contributed by atoms with van der Waals surface area (Å²) in [5.74, 6) is 6.13. The number of aromatic nitrogens is 1. The molecule has 1 fully saturated rings. The molecule has 1 aliphatic carbocycles. The largest absolute Gasteiger partial charge is 0.397 e. The third-order valence-corrected chi connectivity index (χ3v) is 4.01. The van der Waals surface area contributed by atoms with E-state index in [-0.39, 0.29) is 0 Å². The molecule has 4 nitrogen and oxygen atoms in total. The van der Waals surface area contributed by atoms with Crippen LogP contribution in [0.15, 0.2) is 30.7 Å². The number of rotatable bonds is 3. The molecule has 0 aliphatic heterocycles. The van der Waals surface area contributed by atoms with Crippen molar-refractivity contribution >= 4 is 5.70 Å². The molecule has 1 aromatic heterocycles. The molecule has 0 atom stereocenters. The van der Waals surface area contributed by atoms with E-state index in [0.717, 1.165) is 18.4 Å². The van der Waals surface area contributed by atoms with E-state index >= 15 is 0 Å². The molecule has 0 unspecified atom stereocenters. The Labute approximate surface area is 156 Å². The molecule has 0 saturated heterocycles. The second-order valence-corrected chi connectivity index (χ2v) is 6.17. The van der Waals surface area contributed by atoms with Crippen molar-refractivity contribution in [1.29, 1.82) is 0 Å². The summed E-state index contributed by atoms with van der Waals surface area (Å²) in [7, 11) is 0. The first-order valence-corrected chi connectivity index (χ1v) is 9.89. The van der Waals surface area contributed by atoms with Gasteiger partial charge in [0.15, 0.2) is 0 Å². The highest BCUT2D eigenvalue weighted by Gasteiger charge is 2.28. The second-order valence-electron chi connectivity index (χ2n) is 6.17. The molecule has 0 amide bonds. The van der Waals surface area contributed by atoms with Crippen molar-refractivity contribution in [3.8, 4) is 0 Å². The number of hydrogen-bond acceptors (Lipinski definition) is 4. The molecular formula is C21H42N4. The van der Waals surface area contributed by atoms with E-state index in [1.54, 1.807) is 17.4 Å². The van der Waals surface area contributed by atoms with Gasteiger partial charge >= 0.3 is 0 Å². The van der Waals surface area contributed by atoms with E-state index in [2.05, 4.69) is 18.8 Å². The number of hydrogen-bond donors (Lipinski definition) is 2. The predicted molar refractivity (Wildman–Crippen MR) is 113 cm³/mol. The van der Waals surface area contributed by atoms with Crippen molar-refractivity contribution in [3.63, 3.8) is 0 Å². The lowest BCUT2D eigenvalue weighted by atomic mass is 9.75. The van der Waals surface area contributed by atoms with Gasteiger partial charge in [0.2, 0.25) is 0 Å². The summed E-state index contributed by atoms with van der Waals surface area (Å²) in [6.07, 6.45) is 10.0. The summed E-state index contributed by atoms with van der Waals surface area (Å²) < 4.78 is 0. The van der Waals surface area contributed by atoms with Crippen molar-refractivity contribution in [3.05, 3.63) is 36.3 Å². The number of nitrogens with two attached hydrogens (primary N) is 2. The zero-order chi connectivity index (χ0) is 19.9. The average molecular weight is 351 g/mol. The van der Waals surface area contributed by atoms with Crippen LogP contribution in [0.4, 0.5) is 0 Å². The molecule has 4 heteroatoms. The molecule has 146 valence electrons. The lowest BCUT2D eigenvalue weighted by Crippen LogP contribution is -2.41. The highest BCUT2D eigenvalue weighted by atomic mass is 15.4. The molecule has 1 aromatic rings. The van der Waals surface area contributed by atoms with Crippen molar-refractivity contribution in [2.24, 2.45) is 17.0 Å². The first kappa shape index (κ1) is 25.7. The van der Waals surface area contributed by atoms with Crippen molar-refractivity contribution in [2.75, 3.05) is 0 Å². The lowest BCUT2D eigenvalue weighted by Gasteiger charge is -2.37. The van der Waals surface area contributed by atoms with E-state index in [0.29, 0.717) is 17.2 Å². The molecule has 1 saturated carbocycles. The minimum Gasteiger partial charge on any atom is -0.397 e. The minimum atomic E-state index is 0.392. The zero-order valence-electron chi connectivity index (χ0n) is 17.8. The Kier molecular flexibility index (Phi) is 15.2. The summed E-state index contributed by atoms with van der Waals surface area (Å²) in [5.41, 5.74) is 8.09. The Bertz CT molecular complexity index is 430. The molecule has 0 aromatic carbocycles. The fourth-order valence-corrected chi connectivity index (χ4v) is 2.56. The van der Waals surface area contributed by atoms with Gasteiger partial charge in [0, 0.05) is 30.2 Å². The smallest absolute Gasteiger partial charge is 0.0579 e. The van der Waals surface area contributed by atoms with Gasteiger partial charge in [-0.15, -0.1) is 0 Å². The van der Waals surface area contributed by atoms with Crippen LogP contribution in [-0.4, -0.2) is 16.0 Å². The van der Waals surface area contributed by atoms with Crippen molar-refractivity contribution in [2.45, 2.75) is 87.1 Å².